The van der Waals surface area contributed by atoms with Gasteiger partial charge in [0.2, 0.25) is 0 Å². The fraction of sp³-hybridized carbons (Fsp3) is 0.133. The highest BCUT2D eigenvalue weighted by Crippen LogP contribution is 2.32. The van der Waals surface area contributed by atoms with Gasteiger partial charge in [0.15, 0.2) is 0 Å². The zero-order chi connectivity index (χ0) is 14.5. The third-order valence-corrected chi connectivity index (χ3v) is 4.72. The molecule has 0 aromatic heterocycles. The average molecular weight is 372 g/mol. The van der Waals surface area contributed by atoms with Crippen molar-refractivity contribution in [1.29, 1.82) is 0 Å². The van der Waals surface area contributed by atoms with E-state index < -0.39 is 0 Å². The van der Waals surface area contributed by atoms with Gasteiger partial charge >= 0.3 is 5.97 Å². The Morgan fingerprint density at radius 1 is 1.20 bits per heavy atom. The SMILES string of the molecule is CCOC(=O)c1ccc(Sc2ccc(Br)c(Cl)c2)cc1. The van der Waals surface area contributed by atoms with Gasteiger partial charge < -0.3 is 4.74 Å². The predicted molar refractivity (Wildman–Crippen MR) is 85.7 cm³/mol. The van der Waals surface area contributed by atoms with Crippen LogP contribution in [0.3, 0.4) is 0 Å². The molecule has 0 spiro atoms. The van der Waals surface area contributed by atoms with Crippen molar-refractivity contribution in [2.24, 2.45) is 0 Å². The molecule has 0 aliphatic rings. The van der Waals surface area contributed by atoms with Gasteiger partial charge in [0.05, 0.1) is 17.2 Å². The average Bonchev–Trinajstić information content (AvgIpc) is 2.44. The van der Waals surface area contributed by atoms with Gasteiger partial charge in [-0.25, -0.2) is 4.79 Å². The molecule has 2 aromatic rings. The number of benzene rings is 2. The standard InChI is InChI=1S/C15H12BrClO2S/c1-2-19-15(18)10-3-5-11(6-4-10)20-12-7-8-13(16)14(17)9-12/h3-9H,2H2,1H3. The number of rotatable bonds is 4. The molecule has 0 bridgehead atoms. The Labute approximate surface area is 135 Å². The number of carbonyl (C=O) groups excluding carboxylic acids is 1. The first kappa shape index (κ1) is 15.4. The molecule has 2 aromatic carbocycles. The number of esters is 1. The first-order chi connectivity index (χ1) is 9.60. The van der Waals surface area contributed by atoms with Crippen LogP contribution in [0.1, 0.15) is 17.3 Å². The molecule has 20 heavy (non-hydrogen) atoms. The molecule has 0 N–H and O–H groups in total. The highest BCUT2D eigenvalue weighted by atomic mass is 79.9. The maximum atomic E-state index is 11.5. The molecular formula is C15H12BrClO2S. The lowest BCUT2D eigenvalue weighted by Gasteiger charge is -2.05. The van der Waals surface area contributed by atoms with Crippen molar-refractivity contribution >= 4 is 45.3 Å². The lowest BCUT2D eigenvalue weighted by Crippen LogP contribution is -2.03. The van der Waals surface area contributed by atoms with Crippen molar-refractivity contribution in [1.82, 2.24) is 0 Å². The van der Waals surface area contributed by atoms with E-state index in [0.717, 1.165) is 14.3 Å². The maximum absolute atomic E-state index is 11.5. The molecule has 0 saturated heterocycles. The Bertz CT molecular complexity index is 614. The second-order valence-corrected chi connectivity index (χ2v) is 6.33. The summed E-state index contributed by atoms with van der Waals surface area (Å²) in [4.78, 5) is 13.6. The van der Waals surface area contributed by atoms with Crippen LogP contribution in [0.2, 0.25) is 5.02 Å². The Hall–Kier alpha value is -0.970. The van der Waals surface area contributed by atoms with Crippen molar-refractivity contribution in [3.63, 3.8) is 0 Å². The molecule has 5 heteroatoms. The maximum Gasteiger partial charge on any atom is 0.338 e. The van der Waals surface area contributed by atoms with Gasteiger partial charge in [-0.2, -0.15) is 0 Å². The van der Waals surface area contributed by atoms with Crippen LogP contribution in [0.5, 0.6) is 0 Å². The fourth-order valence-electron chi connectivity index (χ4n) is 1.55. The molecule has 0 aliphatic heterocycles. The van der Waals surface area contributed by atoms with E-state index in [0.29, 0.717) is 17.2 Å². The van der Waals surface area contributed by atoms with E-state index in [1.165, 1.54) is 0 Å². The third-order valence-electron chi connectivity index (χ3n) is 2.49. The molecule has 0 heterocycles. The van der Waals surface area contributed by atoms with Crippen molar-refractivity contribution in [3.8, 4) is 0 Å². The zero-order valence-electron chi connectivity index (χ0n) is 10.7. The summed E-state index contributed by atoms with van der Waals surface area (Å²) in [7, 11) is 0. The van der Waals surface area contributed by atoms with E-state index in [1.54, 1.807) is 30.8 Å². The van der Waals surface area contributed by atoms with Gasteiger partial charge in [-0.05, 0) is 65.3 Å². The van der Waals surface area contributed by atoms with Gasteiger partial charge in [0, 0.05) is 14.3 Å². The van der Waals surface area contributed by atoms with Gasteiger partial charge in [0.1, 0.15) is 0 Å². The molecule has 0 atom stereocenters. The number of hydrogen-bond acceptors (Lipinski definition) is 3. The molecule has 0 saturated carbocycles. The van der Waals surface area contributed by atoms with Crippen LogP contribution in [0, 0.1) is 0 Å². The van der Waals surface area contributed by atoms with Crippen LogP contribution in [0.25, 0.3) is 0 Å². The summed E-state index contributed by atoms with van der Waals surface area (Å²) >= 11 is 11.0. The van der Waals surface area contributed by atoms with E-state index in [2.05, 4.69) is 15.9 Å². The summed E-state index contributed by atoms with van der Waals surface area (Å²) in [6.07, 6.45) is 0. The summed E-state index contributed by atoms with van der Waals surface area (Å²) < 4.78 is 5.82. The molecule has 0 aliphatic carbocycles. The molecule has 0 unspecified atom stereocenters. The van der Waals surface area contributed by atoms with Crippen molar-refractivity contribution in [3.05, 3.63) is 57.5 Å². The lowest BCUT2D eigenvalue weighted by molar-refractivity contribution is 0.0526. The second kappa shape index (κ2) is 7.16. The van der Waals surface area contributed by atoms with E-state index in [1.807, 2.05) is 30.3 Å². The van der Waals surface area contributed by atoms with E-state index in [4.69, 9.17) is 16.3 Å². The van der Waals surface area contributed by atoms with Gasteiger partial charge in [-0.15, -0.1) is 0 Å². The van der Waals surface area contributed by atoms with Crippen molar-refractivity contribution < 1.29 is 9.53 Å². The number of carbonyl (C=O) groups is 1. The minimum Gasteiger partial charge on any atom is -0.462 e. The summed E-state index contributed by atoms with van der Waals surface area (Å²) in [5.41, 5.74) is 0.560. The minimum atomic E-state index is -0.296. The Morgan fingerprint density at radius 3 is 2.45 bits per heavy atom. The Morgan fingerprint density at radius 2 is 1.85 bits per heavy atom. The smallest absolute Gasteiger partial charge is 0.338 e. The van der Waals surface area contributed by atoms with Crippen LogP contribution >= 0.6 is 39.3 Å². The van der Waals surface area contributed by atoms with E-state index in [-0.39, 0.29) is 5.97 Å². The van der Waals surface area contributed by atoms with E-state index >= 15 is 0 Å². The minimum absolute atomic E-state index is 0.296. The van der Waals surface area contributed by atoms with Gasteiger partial charge in [-0.1, -0.05) is 23.4 Å². The van der Waals surface area contributed by atoms with Crippen LogP contribution in [0.4, 0.5) is 0 Å². The highest BCUT2D eigenvalue weighted by Gasteiger charge is 2.06. The van der Waals surface area contributed by atoms with Crippen LogP contribution in [-0.4, -0.2) is 12.6 Å². The van der Waals surface area contributed by atoms with Crippen LogP contribution in [0.15, 0.2) is 56.7 Å². The highest BCUT2D eigenvalue weighted by molar-refractivity contribution is 9.10. The molecule has 104 valence electrons. The molecule has 2 rings (SSSR count). The monoisotopic (exact) mass is 370 g/mol. The summed E-state index contributed by atoms with van der Waals surface area (Å²) in [5.74, 6) is -0.296. The largest absolute Gasteiger partial charge is 0.462 e. The Balaban J connectivity index is 2.10. The third kappa shape index (κ3) is 4.01. The molecule has 2 nitrogen and oxygen atoms in total. The van der Waals surface area contributed by atoms with Gasteiger partial charge in [0.25, 0.3) is 0 Å². The number of ether oxygens (including phenoxy) is 1. The second-order valence-electron chi connectivity index (χ2n) is 3.92. The molecule has 0 fully saturated rings. The normalized spacial score (nSPS) is 10.3. The first-order valence-electron chi connectivity index (χ1n) is 6.00. The molecule has 0 radical (unpaired) electrons. The number of hydrogen-bond donors (Lipinski definition) is 0. The number of halogens is 2. The lowest BCUT2D eigenvalue weighted by atomic mass is 10.2. The van der Waals surface area contributed by atoms with Crippen LogP contribution in [-0.2, 0) is 4.74 Å². The first-order valence-corrected chi connectivity index (χ1v) is 7.99. The molecular weight excluding hydrogens is 360 g/mol. The zero-order valence-corrected chi connectivity index (χ0v) is 13.9. The quantitative estimate of drug-likeness (QED) is 0.670. The molecule has 0 amide bonds. The predicted octanol–water partition coefficient (Wildman–Crippen LogP) is 5.43. The van der Waals surface area contributed by atoms with E-state index in [9.17, 15) is 4.79 Å². The van der Waals surface area contributed by atoms with Crippen molar-refractivity contribution in [2.75, 3.05) is 6.61 Å². The fourth-order valence-corrected chi connectivity index (χ4v) is 2.90. The topological polar surface area (TPSA) is 26.3 Å². The summed E-state index contributed by atoms with van der Waals surface area (Å²) in [6.45, 7) is 2.17. The van der Waals surface area contributed by atoms with Crippen molar-refractivity contribution in [2.45, 2.75) is 16.7 Å². The van der Waals surface area contributed by atoms with Crippen LogP contribution < -0.4 is 0 Å². The van der Waals surface area contributed by atoms with Gasteiger partial charge in [-0.3, -0.25) is 0 Å². The summed E-state index contributed by atoms with van der Waals surface area (Å²) in [6, 6.07) is 13.1. The summed E-state index contributed by atoms with van der Waals surface area (Å²) in [5, 5.41) is 0.679. The Kier molecular flexibility index (Phi) is 5.52.